The van der Waals surface area contributed by atoms with E-state index in [-0.39, 0.29) is 5.92 Å². The fourth-order valence-electron chi connectivity index (χ4n) is 2.74. The molecule has 1 fully saturated rings. The van der Waals surface area contributed by atoms with Crippen molar-refractivity contribution in [2.75, 3.05) is 6.61 Å². The molecular weight excluding hydrogens is 228 g/mol. The first kappa shape index (κ1) is 12.9. The molecule has 1 atom stereocenters. The molecule has 1 aromatic carbocycles. The third kappa shape index (κ3) is 3.49. The van der Waals surface area contributed by atoms with Gasteiger partial charge in [0.25, 0.3) is 0 Å². The number of hydrogen-bond donors (Lipinski definition) is 1. The summed E-state index contributed by atoms with van der Waals surface area (Å²) >= 11 is 0. The van der Waals surface area contributed by atoms with E-state index in [1.54, 1.807) is 0 Å². The largest absolute Gasteiger partial charge is 0.494 e. The van der Waals surface area contributed by atoms with Gasteiger partial charge in [-0.2, -0.15) is 0 Å². The van der Waals surface area contributed by atoms with Crippen molar-refractivity contribution in [1.82, 2.24) is 0 Å². The molecule has 98 valence electrons. The summed E-state index contributed by atoms with van der Waals surface area (Å²) in [6.45, 7) is 0.484. The van der Waals surface area contributed by atoms with Gasteiger partial charge in [-0.3, -0.25) is 4.79 Å². The van der Waals surface area contributed by atoms with Gasteiger partial charge in [-0.1, -0.05) is 31.0 Å². The summed E-state index contributed by atoms with van der Waals surface area (Å²) in [6, 6.07) is 9.56. The number of carboxylic acid groups (broad SMARTS) is 1. The van der Waals surface area contributed by atoms with Crippen LogP contribution in [0.3, 0.4) is 0 Å². The minimum Gasteiger partial charge on any atom is -0.494 e. The number of hydrogen-bond acceptors (Lipinski definition) is 2. The first-order chi connectivity index (χ1) is 8.77. The molecular formula is C15H20O3. The molecule has 3 nitrogen and oxygen atoms in total. The van der Waals surface area contributed by atoms with Crippen molar-refractivity contribution in [3.63, 3.8) is 0 Å². The predicted molar refractivity (Wildman–Crippen MR) is 69.6 cm³/mol. The van der Waals surface area contributed by atoms with Gasteiger partial charge in [0.15, 0.2) is 0 Å². The van der Waals surface area contributed by atoms with Gasteiger partial charge in [0.2, 0.25) is 0 Å². The van der Waals surface area contributed by atoms with Gasteiger partial charge in [-0.05, 0) is 37.3 Å². The molecule has 2 rings (SSSR count). The molecule has 3 heteroatoms. The summed E-state index contributed by atoms with van der Waals surface area (Å²) in [7, 11) is 0. The number of carbonyl (C=O) groups is 1. The number of aliphatic carboxylic acids is 1. The van der Waals surface area contributed by atoms with E-state index in [1.807, 2.05) is 30.3 Å². The molecule has 0 radical (unpaired) electrons. The Morgan fingerprint density at radius 3 is 2.56 bits per heavy atom. The quantitative estimate of drug-likeness (QED) is 0.839. The Hall–Kier alpha value is -1.51. The molecule has 0 amide bonds. The van der Waals surface area contributed by atoms with Crippen molar-refractivity contribution in [2.24, 2.45) is 11.8 Å². The van der Waals surface area contributed by atoms with E-state index in [0.717, 1.165) is 18.6 Å². The van der Waals surface area contributed by atoms with E-state index in [9.17, 15) is 9.90 Å². The molecule has 18 heavy (non-hydrogen) atoms. The molecule has 1 saturated carbocycles. The number of ether oxygens (including phenoxy) is 1. The first-order valence-electron chi connectivity index (χ1n) is 6.68. The first-order valence-corrected chi connectivity index (χ1v) is 6.68. The second-order valence-corrected chi connectivity index (χ2v) is 4.94. The van der Waals surface area contributed by atoms with Crippen molar-refractivity contribution >= 4 is 5.97 Å². The zero-order valence-corrected chi connectivity index (χ0v) is 10.5. The zero-order valence-electron chi connectivity index (χ0n) is 10.5. The van der Waals surface area contributed by atoms with E-state index in [4.69, 9.17) is 4.74 Å². The minimum absolute atomic E-state index is 0.240. The van der Waals surface area contributed by atoms with E-state index in [0.29, 0.717) is 18.9 Å². The van der Waals surface area contributed by atoms with Crippen molar-refractivity contribution in [3.8, 4) is 5.75 Å². The molecule has 1 aromatic rings. The highest BCUT2D eigenvalue weighted by molar-refractivity contribution is 5.70. The van der Waals surface area contributed by atoms with E-state index >= 15 is 0 Å². The molecule has 0 saturated heterocycles. The van der Waals surface area contributed by atoms with Crippen LogP contribution in [-0.4, -0.2) is 17.7 Å². The van der Waals surface area contributed by atoms with E-state index < -0.39 is 5.97 Å². The highest BCUT2D eigenvalue weighted by Crippen LogP contribution is 2.33. The average Bonchev–Trinajstić information content (AvgIpc) is 2.89. The second-order valence-electron chi connectivity index (χ2n) is 4.94. The van der Waals surface area contributed by atoms with Crippen LogP contribution in [0.2, 0.25) is 0 Å². The van der Waals surface area contributed by atoms with Crippen molar-refractivity contribution in [1.29, 1.82) is 0 Å². The molecule has 1 aliphatic rings. The Bertz CT molecular complexity index is 369. The van der Waals surface area contributed by atoms with Crippen LogP contribution in [0, 0.1) is 11.8 Å². The van der Waals surface area contributed by atoms with Gasteiger partial charge in [0.05, 0.1) is 12.5 Å². The van der Waals surface area contributed by atoms with E-state index in [2.05, 4.69) is 0 Å². The number of rotatable bonds is 6. The van der Waals surface area contributed by atoms with Crippen LogP contribution in [0.5, 0.6) is 5.75 Å². The maximum atomic E-state index is 11.3. The smallest absolute Gasteiger partial charge is 0.306 e. The molecule has 0 aromatic heterocycles. The molecule has 1 aliphatic carbocycles. The molecule has 0 bridgehead atoms. The van der Waals surface area contributed by atoms with Crippen LogP contribution in [0.4, 0.5) is 0 Å². The Kier molecular flexibility index (Phi) is 4.62. The van der Waals surface area contributed by atoms with Crippen molar-refractivity contribution in [3.05, 3.63) is 30.3 Å². The topological polar surface area (TPSA) is 46.5 Å². The summed E-state index contributed by atoms with van der Waals surface area (Å²) in [5.74, 6) is 0.254. The molecule has 0 aliphatic heterocycles. The van der Waals surface area contributed by atoms with Crippen LogP contribution in [0.1, 0.15) is 32.1 Å². The Balaban J connectivity index is 1.81. The van der Waals surface area contributed by atoms with Crippen LogP contribution >= 0.6 is 0 Å². The Morgan fingerprint density at radius 1 is 1.28 bits per heavy atom. The molecule has 1 N–H and O–H groups in total. The summed E-state index contributed by atoms with van der Waals surface area (Å²) in [5, 5.41) is 9.28. The maximum absolute atomic E-state index is 11.3. The van der Waals surface area contributed by atoms with Crippen LogP contribution in [-0.2, 0) is 4.79 Å². The van der Waals surface area contributed by atoms with Crippen molar-refractivity contribution < 1.29 is 14.6 Å². The summed E-state index contributed by atoms with van der Waals surface area (Å²) < 4.78 is 5.58. The maximum Gasteiger partial charge on any atom is 0.306 e. The minimum atomic E-state index is -0.668. The number of benzene rings is 1. The van der Waals surface area contributed by atoms with Crippen LogP contribution < -0.4 is 4.74 Å². The highest BCUT2D eigenvalue weighted by Gasteiger charge is 2.30. The average molecular weight is 248 g/mol. The monoisotopic (exact) mass is 248 g/mol. The molecule has 0 spiro atoms. The number of carboxylic acids is 1. The third-order valence-electron chi connectivity index (χ3n) is 3.73. The van der Waals surface area contributed by atoms with E-state index in [1.165, 1.54) is 12.8 Å². The Labute approximate surface area is 108 Å². The summed E-state index contributed by atoms with van der Waals surface area (Å²) in [6.07, 6.45) is 5.07. The Morgan fingerprint density at radius 2 is 1.94 bits per heavy atom. The van der Waals surface area contributed by atoms with Gasteiger partial charge in [-0.25, -0.2) is 0 Å². The lowest BCUT2D eigenvalue weighted by Gasteiger charge is -2.19. The summed E-state index contributed by atoms with van der Waals surface area (Å²) in [4.78, 5) is 11.3. The van der Waals surface area contributed by atoms with Gasteiger partial charge in [0.1, 0.15) is 5.75 Å². The van der Waals surface area contributed by atoms with Crippen molar-refractivity contribution in [2.45, 2.75) is 32.1 Å². The summed E-state index contributed by atoms with van der Waals surface area (Å²) in [5.41, 5.74) is 0. The van der Waals surface area contributed by atoms with Crippen LogP contribution in [0.15, 0.2) is 30.3 Å². The lowest BCUT2D eigenvalue weighted by atomic mass is 9.88. The van der Waals surface area contributed by atoms with Gasteiger partial charge >= 0.3 is 5.97 Å². The lowest BCUT2D eigenvalue weighted by Crippen LogP contribution is -2.24. The third-order valence-corrected chi connectivity index (χ3v) is 3.73. The van der Waals surface area contributed by atoms with Crippen LogP contribution in [0.25, 0.3) is 0 Å². The SMILES string of the molecule is O=C(O)C(CCOc1ccccc1)C1CCCC1. The normalized spacial score (nSPS) is 17.6. The fraction of sp³-hybridized carbons (Fsp3) is 0.533. The zero-order chi connectivity index (χ0) is 12.8. The lowest BCUT2D eigenvalue weighted by molar-refractivity contribution is -0.144. The van der Waals surface area contributed by atoms with Gasteiger partial charge in [0, 0.05) is 0 Å². The van der Waals surface area contributed by atoms with Gasteiger partial charge in [-0.15, -0.1) is 0 Å². The standard InChI is InChI=1S/C15H20O3/c16-15(17)14(12-6-4-5-7-12)10-11-18-13-8-2-1-3-9-13/h1-3,8-9,12,14H,4-7,10-11H2,(H,16,17). The molecule has 1 unspecified atom stereocenters. The fourth-order valence-corrected chi connectivity index (χ4v) is 2.74. The number of para-hydroxylation sites is 1. The predicted octanol–water partition coefficient (Wildman–Crippen LogP) is 3.35. The molecule has 0 heterocycles. The van der Waals surface area contributed by atoms with Gasteiger partial charge < -0.3 is 9.84 Å². The second kappa shape index (κ2) is 6.43. The highest BCUT2D eigenvalue weighted by atomic mass is 16.5.